The number of carbonyl (C=O) groups is 1. The van der Waals surface area contributed by atoms with Crippen molar-refractivity contribution in [2.75, 3.05) is 58.8 Å². The molecule has 0 radical (unpaired) electrons. The van der Waals surface area contributed by atoms with Crippen LogP contribution >= 0.6 is 35.3 Å². The number of aliphatic imine (C=N–C) groups is 1. The Balaban J connectivity index is 0.00000264. The molecule has 8 heteroatoms. The topological polar surface area (TPSA) is 51.2 Å². The molecule has 1 aliphatic rings. The zero-order valence-electron chi connectivity index (χ0n) is 14.0. The zero-order chi connectivity index (χ0) is 15.9. The first-order valence-corrected chi connectivity index (χ1v) is 8.44. The van der Waals surface area contributed by atoms with Crippen LogP contribution in [0.15, 0.2) is 22.5 Å². The maximum absolute atomic E-state index is 11.6. The summed E-state index contributed by atoms with van der Waals surface area (Å²) in [6, 6.07) is 4.26. The highest BCUT2D eigenvalue weighted by molar-refractivity contribution is 14.0. The van der Waals surface area contributed by atoms with Gasteiger partial charge in [0.1, 0.15) is 0 Å². The van der Waals surface area contributed by atoms with Crippen LogP contribution in [-0.2, 0) is 4.79 Å². The Labute approximate surface area is 159 Å². The van der Waals surface area contributed by atoms with E-state index in [1.165, 1.54) is 5.00 Å². The quantitative estimate of drug-likeness (QED) is 0.429. The van der Waals surface area contributed by atoms with Crippen molar-refractivity contribution < 1.29 is 4.79 Å². The van der Waals surface area contributed by atoms with E-state index in [4.69, 9.17) is 0 Å². The maximum atomic E-state index is 11.6. The molecule has 1 N–H and O–H groups in total. The molecule has 0 atom stereocenters. The minimum absolute atomic E-state index is 0. The van der Waals surface area contributed by atoms with Crippen LogP contribution in [0.5, 0.6) is 0 Å². The van der Waals surface area contributed by atoms with Crippen molar-refractivity contribution in [2.24, 2.45) is 4.99 Å². The van der Waals surface area contributed by atoms with Gasteiger partial charge < -0.3 is 20.0 Å². The van der Waals surface area contributed by atoms with Gasteiger partial charge in [-0.3, -0.25) is 9.79 Å². The van der Waals surface area contributed by atoms with Gasteiger partial charge in [0.2, 0.25) is 5.91 Å². The first kappa shape index (κ1) is 20.0. The van der Waals surface area contributed by atoms with Gasteiger partial charge in [0.25, 0.3) is 0 Å². The van der Waals surface area contributed by atoms with Crippen molar-refractivity contribution in [3.8, 4) is 0 Å². The average Bonchev–Trinajstić information content (AvgIpc) is 3.06. The Hall–Kier alpha value is -1.03. The molecule has 1 saturated heterocycles. The van der Waals surface area contributed by atoms with Gasteiger partial charge >= 0.3 is 0 Å². The second kappa shape index (κ2) is 9.96. The Morgan fingerprint density at radius 3 is 2.57 bits per heavy atom. The van der Waals surface area contributed by atoms with Crippen molar-refractivity contribution in [3.05, 3.63) is 17.5 Å². The summed E-state index contributed by atoms with van der Waals surface area (Å²) >= 11 is 1.78. The van der Waals surface area contributed by atoms with Crippen molar-refractivity contribution >= 4 is 52.2 Å². The molecule has 0 aromatic carbocycles. The Morgan fingerprint density at radius 1 is 1.35 bits per heavy atom. The van der Waals surface area contributed by atoms with Gasteiger partial charge in [-0.05, 0) is 17.5 Å². The molecule has 0 spiro atoms. The lowest BCUT2D eigenvalue weighted by atomic mass is 10.3. The molecule has 1 aromatic heterocycles. The third-order valence-corrected chi connectivity index (χ3v) is 4.66. The molecule has 1 amide bonds. The van der Waals surface area contributed by atoms with E-state index in [1.54, 1.807) is 37.4 Å². The number of rotatable bonds is 4. The molecule has 1 aromatic rings. The lowest BCUT2D eigenvalue weighted by Gasteiger charge is -2.37. The van der Waals surface area contributed by atoms with Crippen LogP contribution in [0.4, 0.5) is 5.00 Å². The molecule has 0 bridgehead atoms. The number of piperazine rings is 1. The number of hydrogen-bond donors (Lipinski definition) is 1. The molecule has 1 fully saturated rings. The molecular formula is C15H26IN5OS. The predicted octanol–water partition coefficient (Wildman–Crippen LogP) is 1.54. The van der Waals surface area contributed by atoms with Crippen LogP contribution in [-0.4, -0.2) is 75.5 Å². The summed E-state index contributed by atoms with van der Waals surface area (Å²) in [4.78, 5) is 22.2. The second-order valence-electron chi connectivity index (χ2n) is 5.44. The SMILES string of the molecule is CN=C(NCCC(=O)N(C)C)N1CCN(c2cccs2)CC1.I. The maximum Gasteiger partial charge on any atom is 0.223 e. The fourth-order valence-electron chi connectivity index (χ4n) is 2.43. The van der Waals surface area contributed by atoms with E-state index >= 15 is 0 Å². The van der Waals surface area contributed by atoms with Crippen molar-refractivity contribution in [1.29, 1.82) is 0 Å². The van der Waals surface area contributed by atoms with E-state index < -0.39 is 0 Å². The summed E-state index contributed by atoms with van der Waals surface area (Å²) in [5.41, 5.74) is 0. The van der Waals surface area contributed by atoms with E-state index in [9.17, 15) is 4.79 Å². The Kier molecular flexibility index (Phi) is 8.67. The predicted molar refractivity (Wildman–Crippen MR) is 108 cm³/mol. The number of anilines is 1. The van der Waals surface area contributed by atoms with Crippen LogP contribution in [0.2, 0.25) is 0 Å². The van der Waals surface area contributed by atoms with E-state index in [1.807, 2.05) is 0 Å². The molecule has 0 unspecified atom stereocenters. The average molecular weight is 451 g/mol. The van der Waals surface area contributed by atoms with E-state index in [0.29, 0.717) is 13.0 Å². The van der Waals surface area contributed by atoms with Gasteiger partial charge in [-0.15, -0.1) is 35.3 Å². The highest BCUT2D eigenvalue weighted by atomic mass is 127. The van der Waals surface area contributed by atoms with Crippen molar-refractivity contribution in [1.82, 2.24) is 15.1 Å². The van der Waals surface area contributed by atoms with Gasteiger partial charge in [-0.1, -0.05) is 0 Å². The number of nitrogens with one attached hydrogen (secondary N) is 1. The molecule has 0 aliphatic carbocycles. The van der Waals surface area contributed by atoms with Crippen molar-refractivity contribution in [2.45, 2.75) is 6.42 Å². The molecular weight excluding hydrogens is 425 g/mol. The van der Waals surface area contributed by atoms with E-state index in [0.717, 1.165) is 32.1 Å². The van der Waals surface area contributed by atoms with Gasteiger partial charge in [0.15, 0.2) is 5.96 Å². The van der Waals surface area contributed by atoms with E-state index in [2.05, 4.69) is 37.6 Å². The number of thiophene rings is 1. The third-order valence-electron chi connectivity index (χ3n) is 3.73. The highest BCUT2D eigenvalue weighted by Gasteiger charge is 2.20. The summed E-state index contributed by atoms with van der Waals surface area (Å²) in [5, 5.41) is 6.73. The molecule has 23 heavy (non-hydrogen) atoms. The molecule has 2 heterocycles. The largest absolute Gasteiger partial charge is 0.360 e. The van der Waals surface area contributed by atoms with Gasteiger partial charge in [0.05, 0.1) is 5.00 Å². The molecule has 6 nitrogen and oxygen atoms in total. The summed E-state index contributed by atoms with van der Waals surface area (Å²) in [6.07, 6.45) is 0.487. The molecule has 1 aliphatic heterocycles. The highest BCUT2D eigenvalue weighted by Crippen LogP contribution is 2.22. The lowest BCUT2D eigenvalue weighted by molar-refractivity contribution is -0.128. The minimum atomic E-state index is 0. The number of amides is 1. The summed E-state index contributed by atoms with van der Waals surface area (Å²) in [7, 11) is 5.35. The van der Waals surface area contributed by atoms with Crippen LogP contribution < -0.4 is 10.2 Å². The van der Waals surface area contributed by atoms with Crippen LogP contribution in [0, 0.1) is 0 Å². The molecule has 130 valence electrons. The Bertz CT molecular complexity index is 498. The van der Waals surface area contributed by atoms with Gasteiger partial charge in [-0.25, -0.2) is 0 Å². The Morgan fingerprint density at radius 2 is 2.04 bits per heavy atom. The van der Waals surface area contributed by atoms with Crippen LogP contribution in [0.25, 0.3) is 0 Å². The first-order chi connectivity index (χ1) is 10.6. The standard InChI is InChI=1S/C15H25N5OS.HI/c1-16-15(17-7-6-13(21)18(2)3)20-10-8-19(9-11-20)14-5-4-12-22-14;/h4-5,12H,6-11H2,1-3H3,(H,16,17);1H. The fourth-order valence-corrected chi connectivity index (χ4v) is 3.21. The summed E-state index contributed by atoms with van der Waals surface area (Å²) in [6.45, 7) is 4.50. The van der Waals surface area contributed by atoms with Gasteiger partial charge in [0, 0.05) is 60.3 Å². The van der Waals surface area contributed by atoms with Gasteiger partial charge in [-0.2, -0.15) is 0 Å². The number of nitrogens with zero attached hydrogens (tertiary/aromatic N) is 4. The summed E-state index contributed by atoms with van der Waals surface area (Å²) < 4.78 is 0. The molecule has 0 saturated carbocycles. The monoisotopic (exact) mass is 451 g/mol. The lowest BCUT2D eigenvalue weighted by Crippen LogP contribution is -2.52. The smallest absolute Gasteiger partial charge is 0.223 e. The van der Waals surface area contributed by atoms with Crippen LogP contribution in [0.3, 0.4) is 0 Å². The number of guanidine groups is 1. The third kappa shape index (κ3) is 5.83. The van der Waals surface area contributed by atoms with E-state index in [-0.39, 0.29) is 29.9 Å². The minimum Gasteiger partial charge on any atom is -0.360 e. The zero-order valence-corrected chi connectivity index (χ0v) is 17.1. The molecule has 2 rings (SSSR count). The first-order valence-electron chi connectivity index (χ1n) is 7.56. The number of carbonyl (C=O) groups excluding carboxylic acids is 1. The number of halogens is 1. The second-order valence-corrected chi connectivity index (χ2v) is 6.36. The van der Waals surface area contributed by atoms with Crippen molar-refractivity contribution in [3.63, 3.8) is 0 Å². The van der Waals surface area contributed by atoms with Crippen LogP contribution in [0.1, 0.15) is 6.42 Å². The normalized spacial score (nSPS) is 15.2. The summed E-state index contributed by atoms with van der Waals surface area (Å²) in [5.74, 6) is 1.02. The fraction of sp³-hybridized carbons (Fsp3) is 0.600. The number of hydrogen-bond acceptors (Lipinski definition) is 4.